The van der Waals surface area contributed by atoms with E-state index in [1.165, 1.54) is 0 Å². The number of nitrogens with zero attached hydrogens (tertiary/aromatic N) is 1. The predicted octanol–water partition coefficient (Wildman–Crippen LogP) is 3.86. The number of nitrogen functional groups attached to an aromatic ring is 1. The molecule has 0 aliphatic rings. The van der Waals surface area contributed by atoms with Crippen molar-refractivity contribution in [2.24, 2.45) is 0 Å². The summed E-state index contributed by atoms with van der Waals surface area (Å²) in [7, 11) is 0. The van der Waals surface area contributed by atoms with Crippen molar-refractivity contribution in [2.45, 2.75) is 18.4 Å². The van der Waals surface area contributed by atoms with Gasteiger partial charge in [0.1, 0.15) is 6.07 Å². The Labute approximate surface area is 123 Å². The van der Waals surface area contributed by atoms with Crippen molar-refractivity contribution < 1.29 is 0 Å². The van der Waals surface area contributed by atoms with Gasteiger partial charge in [0, 0.05) is 17.1 Å². The van der Waals surface area contributed by atoms with Gasteiger partial charge in [-0.2, -0.15) is 5.26 Å². The summed E-state index contributed by atoms with van der Waals surface area (Å²) >= 11 is 1.68. The van der Waals surface area contributed by atoms with Crippen LogP contribution in [-0.2, 0) is 6.54 Å². The van der Waals surface area contributed by atoms with Gasteiger partial charge < -0.3 is 11.1 Å². The molecule has 4 heteroatoms. The lowest BCUT2D eigenvalue weighted by Gasteiger charge is -2.11. The van der Waals surface area contributed by atoms with Gasteiger partial charge in [0.15, 0.2) is 0 Å². The number of hydrogen-bond donors (Lipinski definition) is 2. The summed E-state index contributed by atoms with van der Waals surface area (Å²) in [5.41, 5.74) is 9.19. The molecule has 102 valence electrons. The summed E-state index contributed by atoms with van der Waals surface area (Å²) in [6, 6.07) is 15.9. The Bertz CT molecular complexity index is 632. The lowest BCUT2D eigenvalue weighted by Crippen LogP contribution is -2.02. The van der Waals surface area contributed by atoms with Crippen LogP contribution in [0.4, 0.5) is 11.4 Å². The molecule has 0 atom stereocenters. The van der Waals surface area contributed by atoms with Crippen molar-refractivity contribution in [3.05, 3.63) is 53.6 Å². The minimum atomic E-state index is 0.653. The van der Waals surface area contributed by atoms with Gasteiger partial charge in [-0.1, -0.05) is 25.1 Å². The molecule has 2 rings (SSSR count). The molecular formula is C16H17N3S. The fourth-order valence-corrected chi connectivity index (χ4v) is 2.76. The van der Waals surface area contributed by atoms with Gasteiger partial charge >= 0.3 is 0 Å². The summed E-state index contributed by atoms with van der Waals surface area (Å²) in [5.74, 6) is 0.952. The molecule has 0 heterocycles. The molecule has 0 radical (unpaired) electrons. The zero-order valence-corrected chi connectivity index (χ0v) is 12.2. The van der Waals surface area contributed by atoms with Gasteiger partial charge in [0.2, 0.25) is 0 Å². The highest BCUT2D eigenvalue weighted by Crippen LogP contribution is 2.28. The number of anilines is 2. The maximum atomic E-state index is 9.34. The number of nitrogens with one attached hydrogen (secondary N) is 1. The van der Waals surface area contributed by atoms with Gasteiger partial charge in [0.25, 0.3) is 0 Å². The van der Waals surface area contributed by atoms with E-state index in [4.69, 9.17) is 5.73 Å². The quantitative estimate of drug-likeness (QED) is 0.646. The fraction of sp³-hybridized carbons (Fsp3) is 0.188. The van der Waals surface area contributed by atoms with Crippen LogP contribution in [0.3, 0.4) is 0 Å². The second kappa shape index (κ2) is 6.88. The first-order chi connectivity index (χ1) is 9.74. The van der Waals surface area contributed by atoms with Gasteiger partial charge in [-0.25, -0.2) is 0 Å². The third kappa shape index (κ3) is 3.46. The van der Waals surface area contributed by atoms with E-state index >= 15 is 0 Å². The molecule has 20 heavy (non-hydrogen) atoms. The summed E-state index contributed by atoms with van der Waals surface area (Å²) in [4.78, 5) is 1.02. The van der Waals surface area contributed by atoms with Crippen LogP contribution in [0, 0.1) is 11.3 Å². The van der Waals surface area contributed by atoms with E-state index in [0.717, 1.165) is 27.6 Å². The Morgan fingerprint density at radius 2 is 2.05 bits per heavy atom. The largest absolute Gasteiger partial charge is 0.399 e. The van der Waals surface area contributed by atoms with E-state index in [9.17, 15) is 5.26 Å². The number of thioether (sulfide) groups is 1. The molecule has 3 nitrogen and oxygen atoms in total. The summed E-state index contributed by atoms with van der Waals surface area (Å²) < 4.78 is 0. The Hall–Kier alpha value is -2.12. The monoisotopic (exact) mass is 283 g/mol. The zero-order chi connectivity index (χ0) is 14.4. The molecular weight excluding hydrogens is 266 g/mol. The van der Waals surface area contributed by atoms with Crippen LogP contribution >= 0.6 is 11.8 Å². The normalized spacial score (nSPS) is 10.0. The van der Waals surface area contributed by atoms with Crippen molar-refractivity contribution in [1.29, 1.82) is 5.26 Å². The van der Waals surface area contributed by atoms with Gasteiger partial charge in [-0.05, 0) is 35.6 Å². The first-order valence-corrected chi connectivity index (χ1v) is 7.47. The van der Waals surface area contributed by atoms with Crippen LogP contribution in [0.2, 0.25) is 0 Å². The summed E-state index contributed by atoms with van der Waals surface area (Å²) in [5, 5.41) is 12.7. The Morgan fingerprint density at radius 1 is 1.25 bits per heavy atom. The molecule has 2 aromatic rings. The second-order valence-corrected chi connectivity index (χ2v) is 5.63. The molecule has 0 aliphatic carbocycles. The van der Waals surface area contributed by atoms with Gasteiger partial charge in [0.05, 0.1) is 11.3 Å². The molecule has 0 aliphatic heterocycles. The van der Waals surface area contributed by atoms with Crippen LogP contribution < -0.4 is 11.1 Å². The number of nitrogens with two attached hydrogens (primary N) is 1. The number of nitriles is 1. The average Bonchev–Trinajstić information content (AvgIpc) is 2.45. The van der Waals surface area contributed by atoms with E-state index in [-0.39, 0.29) is 0 Å². The molecule has 2 aromatic carbocycles. The molecule has 0 unspecified atom stereocenters. The van der Waals surface area contributed by atoms with E-state index in [0.29, 0.717) is 12.1 Å². The standard InChI is InChI=1S/C16H17N3S/c1-2-20-16-8-4-7-15(14(16)10-17)19-11-12-5-3-6-13(18)9-12/h3-9,19H,2,11,18H2,1H3. The van der Waals surface area contributed by atoms with Crippen LogP contribution in [0.25, 0.3) is 0 Å². The van der Waals surface area contributed by atoms with Crippen LogP contribution in [0.5, 0.6) is 0 Å². The van der Waals surface area contributed by atoms with Crippen molar-refractivity contribution in [1.82, 2.24) is 0 Å². The molecule has 0 aromatic heterocycles. The molecule has 3 N–H and O–H groups in total. The smallest absolute Gasteiger partial charge is 0.102 e. The maximum Gasteiger partial charge on any atom is 0.102 e. The number of hydrogen-bond acceptors (Lipinski definition) is 4. The topological polar surface area (TPSA) is 61.8 Å². The Balaban J connectivity index is 2.17. The maximum absolute atomic E-state index is 9.34. The summed E-state index contributed by atoms with van der Waals surface area (Å²) in [6.07, 6.45) is 0. The van der Waals surface area contributed by atoms with Crippen LogP contribution in [-0.4, -0.2) is 5.75 Å². The first-order valence-electron chi connectivity index (χ1n) is 6.48. The Kier molecular flexibility index (Phi) is 4.91. The highest BCUT2D eigenvalue weighted by atomic mass is 32.2. The molecule has 0 spiro atoms. The zero-order valence-electron chi connectivity index (χ0n) is 11.4. The van der Waals surface area contributed by atoms with Crippen LogP contribution in [0.1, 0.15) is 18.1 Å². The van der Waals surface area contributed by atoms with E-state index in [1.54, 1.807) is 11.8 Å². The van der Waals surface area contributed by atoms with Crippen molar-refractivity contribution in [3.63, 3.8) is 0 Å². The van der Waals surface area contributed by atoms with Gasteiger partial charge in [-0.15, -0.1) is 11.8 Å². The molecule has 0 amide bonds. The van der Waals surface area contributed by atoms with E-state index in [1.807, 2.05) is 42.5 Å². The van der Waals surface area contributed by atoms with Gasteiger partial charge in [-0.3, -0.25) is 0 Å². The molecule has 0 saturated carbocycles. The van der Waals surface area contributed by atoms with E-state index < -0.39 is 0 Å². The van der Waals surface area contributed by atoms with E-state index in [2.05, 4.69) is 18.3 Å². The van der Waals surface area contributed by atoms with Crippen molar-refractivity contribution in [2.75, 3.05) is 16.8 Å². The molecule has 0 bridgehead atoms. The average molecular weight is 283 g/mol. The minimum Gasteiger partial charge on any atom is -0.399 e. The predicted molar refractivity (Wildman–Crippen MR) is 85.7 cm³/mol. The highest BCUT2D eigenvalue weighted by molar-refractivity contribution is 7.99. The number of rotatable bonds is 5. The third-order valence-electron chi connectivity index (χ3n) is 2.87. The third-order valence-corrected chi connectivity index (χ3v) is 3.81. The molecule has 0 saturated heterocycles. The number of benzene rings is 2. The SMILES string of the molecule is CCSc1cccc(NCc2cccc(N)c2)c1C#N. The second-order valence-electron chi connectivity index (χ2n) is 4.32. The fourth-order valence-electron chi connectivity index (χ4n) is 1.97. The minimum absolute atomic E-state index is 0.653. The summed E-state index contributed by atoms with van der Waals surface area (Å²) in [6.45, 7) is 2.73. The molecule has 0 fully saturated rings. The highest BCUT2D eigenvalue weighted by Gasteiger charge is 2.07. The lowest BCUT2D eigenvalue weighted by molar-refractivity contribution is 1.14. The lowest BCUT2D eigenvalue weighted by atomic mass is 10.1. The van der Waals surface area contributed by atoms with Crippen molar-refractivity contribution >= 4 is 23.1 Å². The Morgan fingerprint density at radius 3 is 2.75 bits per heavy atom. The first kappa shape index (κ1) is 14.3. The van der Waals surface area contributed by atoms with Crippen molar-refractivity contribution in [3.8, 4) is 6.07 Å². The van der Waals surface area contributed by atoms with Crippen LogP contribution in [0.15, 0.2) is 47.4 Å².